The fourth-order valence-corrected chi connectivity index (χ4v) is 1.53. The van der Waals surface area contributed by atoms with Gasteiger partial charge in [0.2, 0.25) is 0 Å². The summed E-state index contributed by atoms with van der Waals surface area (Å²) in [6.07, 6.45) is 6.65. The lowest BCUT2D eigenvalue weighted by molar-refractivity contribution is 0.0517. The van der Waals surface area contributed by atoms with Crippen LogP contribution in [-0.4, -0.2) is 17.6 Å². The van der Waals surface area contributed by atoms with E-state index in [0.29, 0.717) is 18.1 Å². The number of aryl methyl sites for hydroxylation is 1. The van der Waals surface area contributed by atoms with Crippen molar-refractivity contribution in [3.05, 3.63) is 17.8 Å². The fourth-order valence-electron chi connectivity index (χ4n) is 1.53. The number of ether oxygens (including phenoxy) is 1. The van der Waals surface area contributed by atoms with Crippen molar-refractivity contribution < 1.29 is 13.9 Å². The Hall–Kier alpha value is -1.32. The van der Waals surface area contributed by atoms with Crippen molar-refractivity contribution >= 4 is 5.97 Å². The number of carbonyl (C=O) groups excluding carboxylic acids is 1. The number of hydrogen-bond donors (Lipinski definition) is 0. The quantitative estimate of drug-likeness (QED) is 0.528. The monoisotopic (exact) mass is 225 g/mol. The van der Waals surface area contributed by atoms with Gasteiger partial charge in [0, 0.05) is 6.42 Å². The van der Waals surface area contributed by atoms with Crippen molar-refractivity contribution in [3.63, 3.8) is 0 Å². The van der Waals surface area contributed by atoms with Gasteiger partial charge in [-0.3, -0.25) is 0 Å². The molecule has 0 aliphatic rings. The summed E-state index contributed by atoms with van der Waals surface area (Å²) in [7, 11) is 0. The molecule has 0 radical (unpaired) electrons. The molecule has 1 rings (SSSR count). The van der Waals surface area contributed by atoms with Gasteiger partial charge in [0.25, 0.3) is 0 Å². The van der Waals surface area contributed by atoms with Crippen LogP contribution in [0.25, 0.3) is 0 Å². The summed E-state index contributed by atoms with van der Waals surface area (Å²) in [5, 5.41) is 0. The van der Waals surface area contributed by atoms with E-state index in [2.05, 4.69) is 11.9 Å². The highest BCUT2D eigenvalue weighted by atomic mass is 16.5. The van der Waals surface area contributed by atoms with Gasteiger partial charge in [-0.05, 0) is 13.3 Å². The molecule has 0 saturated heterocycles. The summed E-state index contributed by atoms with van der Waals surface area (Å²) < 4.78 is 10.1. The van der Waals surface area contributed by atoms with Crippen LogP contribution in [0.15, 0.2) is 10.8 Å². The number of aromatic nitrogens is 1. The van der Waals surface area contributed by atoms with E-state index in [1.54, 1.807) is 6.92 Å². The van der Waals surface area contributed by atoms with E-state index in [4.69, 9.17) is 9.15 Å². The lowest BCUT2D eigenvalue weighted by Crippen LogP contribution is -2.07. The molecule has 4 heteroatoms. The third-order valence-corrected chi connectivity index (χ3v) is 2.37. The fraction of sp³-hybridized carbons (Fsp3) is 0.667. The zero-order chi connectivity index (χ0) is 11.8. The molecule has 0 saturated carbocycles. The molecule has 0 aliphatic heterocycles. The van der Waals surface area contributed by atoms with Crippen LogP contribution >= 0.6 is 0 Å². The van der Waals surface area contributed by atoms with Crippen LogP contribution in [0.5, 0.6) is 0 Å². The molecule has 1 aromatic rings. The molecular formula is C12H19NO3. The predicted octanol–water partition coefficient (Wildman–Crippen LogP) is 2.97. The summed E-state index contributed by atoms with van der Waals surface area (Å²) in [4.78, 5) is 15.4. The molecule has 0 spiro atoms. The first kappa shape index (κ1) is 12.7. The van der Waals surface area contributed by atoms with Crippen LogP contribution in [0.4, 0.5) is 0 Å². The molecular weight excluding hydrogens is 206 g/mol. The van der Waals surface area contributed by atoms with Gasteiger partial charge < -0.3 is 9.15 Å². The second-order valence-corrected chi connectivity index (χ2v) is 3.66. The molecule has 0 atom stereocenters. The first-order valence-electron chi connectivity index (χ1n) is 5.89. The topological polar surface area (TPSA) is 52.3 Å². The highest BCUT2D eigenvalue weighted by Gasteiger charge is 2.16. The summed E-state index contributed by atoms with van der Waals surface area (Å²) in [6.45, 7) is 4.30. The first-order chi connectivity index (χ1) is 7.79. The second kappa shape index (κ2) is 7.04. The minimum absolute atomic E-state index is 0.332. The van der Waals surface area contributed by atoms with Crippen molar-refractivity contribution in [2.24, 2.45) is 0 Å². The molecule has 1 heterocycles. The van der Waals surface area contributed by atoms with Gasteiger partial charge >= 0.3 is 5.97 Å². The number of nitrogens with zero attached hydrogens (tertiary/aromatic N) is 1. The van der Waals surface area contributed by atoms with Crippen LogP contribution in [-0.2, 0) is 11.2 Å². The molecule has 0 aliphatic carbocycles. The molecule has 0 bridgehead atoms. The number of esters is 1. The van der Waals surface area contributed by atoms with Gasteiger partial charge in [0.15, 0.2) is 12.1 Å². The van der Waals surface area contributed by atoms with E-state index in [9.17, 15) is 4.79 Å². The van der Waals surface area contributed by atoms with Crippen molar-refractivity contribution in [2.75, 3.05) is 6.61 Å². The Morgan fingerprint density at radius 1 is 1.38 bits per heavy atom. The molecule has 0 aromatic carbocycles. The van der Waals surface area contributed by atoms with Crippen LogP contribution in [0.3, 0.4) is 0 Å². The molecule has 90 valence electrons. The zero-order valence-corrected chi connectivity index (χ0v) is 9.99. The summed E-state index contributed by atoms with van der Waals surface area (Å²) >= 11 is 0. The first-order valence-corrected chi connectivity index (χ1v) is 5.89. The van der Waals surface area contributed by atoms with Gasteiger partial charge in [-0.25, -0.2) is 9.78 Å². The van der Waals surface area contributed by atoms with Crippen LogP contribution in [0, 0.1) is 0 Å². The van der Waals surface area contributed by atoms with E-state index in [0.717, 1.165) is 19.3 Å². The Bertz CT molecular complexity index is 320. The van der Waals surface area contributed by atoms with Crippen molar-refractivity contribution in [1.82, 2.24) is 4.98 Å². The highest BCUT2D eigenvalue weighted by Crippen LogP contribution is 2.13. The smallest absolute Gasteiger partial charge is 0.360 e. The maximum Gasteiger partial charge on any atom is 0.360 e. The van der Waals surface area contributed by atoms with E-state index < -0.39 is 0 Å². The van der Waals surface area contributed by atoms with E-state index in [1.807, 2.05) is 0 Å². The summed E-state index contributed by atoms with van der Waals surface area (Å²) in [5.74, 6) is 0.260. The molecule has 1 aromatic heterocycles. The normalized spacial score (nSPS) is 10.4. The Morgan fingerprint density at radius 2 is 2.19 bits per heavy atom. The minimum Gasteiger partial charge on any atom is -0.461 e. The maximum absolute atomic E-state index is 11.5. The lowest BCUT2D eigenvalue weighted by Gasteiger charge is -2.01. The summed E-state index contributed by atoms with van der Waals surface area (Å²) in [5.41, 5.74) is 0.332. The maximum atomic E-state index is 11.5. The Labute approximate surface area is 96.0 Å². The van der Waals surface area contributed by atoms with Gasteiger partial charge in [0.1, 0.15) is 5.76 Å². The van der Waals surface area contributed by atoms with E-state index in [1.165, 1.54) is 19.2 Å². The van der Waals surface area contributed by atoms with Crippen LogP contribution in [0.2, 0.25) is 0 Å². The zero-order valence-electron chi connectivity index (χ0n) is 9.99. The number of oxazole rings is 1. The highest BCUT2D eigenvalue weighted by molar-refractivity contribution is 5.88. The number of rotatable bonds is 7. The third kappa shape index (κ3) is 3.68. The lowest BCUT2D eigenvalue weighted by atomic mass is 10.1. The third-order valence-electron chi connectivity index (χ3n) is 2.37. The second-order valence-electron chi connectivity index (χ2n) is 3.66. The average Bonchev–Trinajstić information content (AvgIpc) is 2.73. The number of unbranched alkanes of at least 4 members (excludes halogenated alkanes) is 3. The molecule has 0 amide bonds. The van der Waals surface area contributed by atoms with Crippen LogP contribution < -0.4 is 0 Å². The molecule has 16 heavy (non-hydrogen) atoms. The predicted molar refractivity (Wildman–Crippen MR) is 60.3 cm³/mol. The molecule has 0 fully saturated rings. The molecule has 0 unspecified atom stereocenters. The Balaban J connectivity index is 2.47. The minimum atomic E-state index is -0.387. The standard InChI is InChI=1S/C12H19NO3/c1-3-5-6-7-8-10-11(13-9-16-10)12(14)15-4-2/h9H,3-8H2,1-2H3. The van der Waals surface area contributed by atoms with Crippen molar-refractivity contribution in [2.45, 2.75) is 46.0 Å². The summed E-state index contributed by atoms with van der Waals surface area (Å²) in [6, 6.07) is 0. The SMILES string of the molecule is CCCCCCc1ocnc1C(=O)OCC. The van der Waals surface area contributed by atoms with Gasteiger partial charge in [-0.1, -0.05) is 26.2 Å². The number of carbonyl (C=O) groups is 1. The van der Waals surface area contributed by atoms with Gasteiger partial charge in [-0.15, -0.1) is 0 Å². The average molecular weight is 225 g/mol. The largest absolute Gasteiger partial charge is 0.461 e. The Kier molecular flexibility index (Phi) is 5.61. The van der Waals surface area contributed by atoms with Gasteiger partial charge in [0.05, 0.1) is 6.61 Å². The number of hydrogen-bond acceptors (Lipinski definition) is 4. The van der Waals surface area contributed by atoms with E-state index >= 15 is 0 Å². The molecule has 0 N–H and O–H groups in total. The van der Waals surface area contributed by atoms with Crippen molar-refractivity contribution in [1.29, 1.82) is 0 Å². The van der Waals surface area contributed by atoms with Crippen molar-refractivity contribution in [3.8, 4) is 0 Å². The Morgan fingerprint density at radius 3 is 2.88 bits per heavy atom. The van der Waals surface area contributed by atoms with Gasteiger partial charge in [-0.2, -0.15) is 0 Å². The van der Waals surface area contributed by atoms with E-state index in [-0.39, 0.29) is 5.97 Å². The molecule has 4 nitrogen and oxygen atoms in total. The van der Waals surface area contributed by atoms with Crippen LogP contribution in [0.1, 0.15) is 55.8 Å².